The number of carbonyl (C=O) groups is 1. The van der Waals surface area contributed by atoms with Crippen LogP contribution in [0.1, 0.15) is 29.2 Å². The average molecular weight is 419 g/mol. The molecule has 0 aliphatic carbocycles. The number of nitrogens with zero attached hydrogens (tertiary/aromatic N) is 2. The first kappa shape index (κ1) is 20.6. The lowest BCUT2D eigenvalue weighted by atomic mass is 10.2. The van der Waals surface area contributed by atoms with Crippen LogP contribution in [0.2, 0.25) is 0 Å². The summed E-state index contributed by atoms with van der Waals surface area (Å²) >= 11 is 0. The van der Waals surface area contributed by atoms with Crippen molar-refractivity contribution in [2.24, 2.45) is 0 Å². The van der Waals surface area contributed by atoms with E-state index in [0.717, 1.165) is 5.76 Å². The lowest BCUT2D eigenvalue weighted by Gasteiger charge is -2.10. The monoisotopic (exact) mass is 419 g/mol. The number of nitrogens with one attached hydrogen (secondary N) is 1. The van der Waals surface area contributed by atoms with E-state index in [1.165, 1.54) is 19.2 Å². The number of ether oxygens (including phenoxy) is 1. The molecule has 1 N–H and O–H groups in total. The Morgan fingerprint density at radius 2 is 2.00 bits per heavy atom. The summed E-state index contributed by atoms with van der Waals surface area (Å²) in [5.41, 5.74) is 0. The van der Waals surface area contributed by atoms with Gasteiger partial charge >= 0.3 is 11.8 Å². The van der Waals surface area contributed by atoms with Gasteiger partial charge < -0.3 is 19.0 Å². The van der Waals surface area contributed by atoms with Crippen LogP contribution < -0.4 is 10.1 Å². The van der Waals surface area contributed by atoms with Gasteiger partial charge in [-0.1, -0.05) is 5.16 Å². The number of sulfone groups is 1. The van der Waals surface area contributed by atoms with Gasteiger partial charge in [-0.25, -0.2) is 8.42 Å². The summed E-state index contributed by atoms with van der Waals surface area (Å²) in [6.45, 7) is 1.82. The Hall–Kier alpha value is -3.14. The molecular weight excluding hydrogens is 398 g/mol. The first-order valence-corrected chi connectivity index (χ1v) is 10.6. The van der Waals surface area contributed by atoms with E-state index in [1.54, 1.807) is 24.5 Å². The van der Waals surface area contributed by atoms with E-state index in [-0.39, 0.29) is 34.8 Å². The molecule has 0 saturated heterocycles. The fraction of sp³-hybridized carbons (Fsp3) is 0.316. The highest BCUT2D eigenvalue weighted by molar-refractivity contribution is 7.91. The molecule has 3 aromatic rings. The van der Waals surface area contributed by atoms with Crippen molar-refractivity contribution >= 4 is 15.7 Å². The van der Waals surface area contributed by atoms with Crippen molar-refractivity contribution < 1.29 is 26.9 Å². The number of carbonyl (C=O) groups excluding carboxylic acids is 1. The molecule has 0 radical (unpaired) electrons. The summed E-state index contributed by atoms with van der Waals surface area (Å²) in [4.78, 5) is 16.4. The predicted octanol–water partition coefficient (Wildman–Crippen LogP) is 2.05. The van der Waals surface area contributed by atoms with E-state index in [9.17, 15) is 13.2 Å². The number of rotatable bonds is 9. The molecule has 0 spiro atoms. The summed E-state index contributed by atoms with van der Waals surface area (Å²) in [5.74, 6) is 0.501. The first-order chi connectivity index (χ1) is 13.9. The third kappa shape index (κ3) is 5.44. The van der Waals surface area contributed by atoms with Crippen LogP contribution in [0.15, 0.2) is 56.5 Å². The fourth-order valence-corrected chi connectivity index (χ4v) is 3.88. The predicted molar refractivity (Wildman–Crippen MR) is 102 cm³/mol. The maximum atomic E-state index is 12.4. The Morgan fingerprint density at radius 3 is 2.66 bits per heavy atom. The second kappa shape index (κ2) is 8.91. The highest BCUT2D eigenvalue weighted by Crippen LogP contribution is 2.17. The summed E-state index contributed by atoms with van der Waals surface area (Å²) in [7, 11) is -2.03. The number of benzene rings is 1. The zero-order chi connectivity index (χ0) is 20.9. The number of hydrogen-bond donors (Lipinski definition) is 1. The molecule has 9 nitrogen and oxygen atoms in total. The van der Waals surface area contributed by atoms with Crippen LogP contribution in [0.5, 0.6) is 5.75 Å². The maximum absolute atomic E-state index is 12.4. The maximum Gasteiger partial charge on any atom is 0.315 e. The van der Waals surface area contributed by atoms with E-state index in [0.29, 0.717) is 12.2 Å². The molecule has 1 unspecified atom stereocenters. The molecule has 154 valence electrons. The number of methoxy groups -OCH3 is 1. The Balaban J connectivity index is 1.55. The molecule has 3 rings (SSSR count). The minimum atomic E-state index is -3.53. The molecule has 0 saturated carbocycles. The zero-order valence-corrected chi connectivity index (χ0v) is 16.8. The van der Waals surface area contributed by atoms with Gasteiger partial charge in [0.25, 0.3) is 0 Å². The Morgan fingerprint density at radius 1 is 1.24 bits per heavy atom. The third-order valence-electron chi connectivity index (χ3n) is 4.14. The highest BCUT2D eigenvalue weighted by atomic mass is 32.2. The van der Waals surface area contributed by atoms with Gasteiger partial charge in [0.15, 0.2) is 15.7 Å². The molecule has 1 atom stereocenters. The third-order valence-corrected chi connectivity index (χ3v) is 5.87. The van der Waals surface area contributed by atoms with Crippen LogP contribution in [0, 0.1) is 0 Å². The van der Waals surface area contributed by atoms with Gasteiger partial charge in [0.1, 0.15) is 11.5 Å². The van der Waals surface area contributed by atoms with Crippen molar-refractivity contribution in [1.82, 2.24) is 15.5 Å². The first-order valence-electron chi connectivity index (χ1n) is 8.90. The van der Waals surface area contributed by atoms with Gasteiger partial charge in [0.2, 0.25) is 0 Å². The smallest absolute Gasteiger partial charge is 0.315 e. The molecule has 0 bridgehead atoms. The Labute approximate surface area is 168 Å². The normalized spacial score (nSPS) is 12.5. The van der Waals surface area contributed by atoms with E-state index in [2.05, 4.69) is 15.5 Å². The second-order valence-corrected chi connectivity index (χ2v) is 8.53. The largest absolute Gasteiger partial charge is 0.497 e. The standard InChI is InChI=1S/C19H21N3O6S/c1-13(12-15-4-3-10-27-15)20-18(23)19-21-17(22-28-19)9-11-29(24,25)16-7-5-14(26-2)6-8-16/h3-8,10,13H,9,11-12H2,1-2H3,(H,20,23). The van der Waals surface area contributed by atoms with E-state index >= 15 is 0 Å². The van der Waals surface area contributed by atoms with Crippen LogP contribution in [-0.4, -0.2) is 43.4 Å². The van der Waals surface area contributed by atoms with E-state index in [4.69, 9.17) is 13.7 Å². The second-order valence-electron chi connectivity index (χ2n) is 6.42. The number of hydrogen-bond acceptors (Lipinski definition) is 8. The molecule has 0 fully saturated rings. The van der Waals surface area contributed by atoms with Gasteiger partial charge in [0, 0.05) is 18.9 Å². The van der Waals surface area contributed by atoms with Gasteiger partial charge in [-0.3, -0.25) is 4.79 Å². The van der Waals surface area contributed by atoms with Gasteiger partial charge in [-0.15, -0.1) is 0 Å². The minimum Gasteiger partial charge on any atom is -0.497 e. The molecular formula is C19H21N3O6S. The topological polar surface area (TPSA) is 125 Å². The minimum absolute atomic E-state index is 0.0209. The van der Waals surface area contributed by atoms with Gasteiger partial charge in [-0.2, -0.15) is 4.98 Å². The number of aryl methyl sites for hydroxylation is 1. The molecule has 1 amide bonds. The Bertz CT molecular complexity index is 1040. The average Bonchev–Trinajstić information content (AvgIpc) is 3.38. The molecule has 2 aromatic heterocycles. The summed E-state index contributed by atoms with van der Waals surface area (Å²) in [6.07, 6.45) is 2.10. The quantitative estimate of drug-likeness (QED) is 0.559. The van der Waals surface area contributed by atoms with Crippen LogP contribution in [0.25, 0.3) is 0 Å². The summed E-state index contributed by atoms with van der Waals surface area (Å²) in [6, 6.07) is 9.48. The summed E-state index contributed by atoms with van der Waals surface area (Å²) < 4.78 is 40.1. The SMILES string of the molecule is COc1ccc(S(=O)(=O)CCc2noc(C(=O)NC(C)Cc3ccco3)n2)cc1. The molecule has 29 heavy (non-hydrogen) atoms. The lowest BCUT2D eigenvalue weighted by molar-refractivity contribution is 0.0895. The number of amides is 1. The fourth-order valence-electron chi connectivity index (χ4n) is 2.64. The van der Waals surface area contributed by atoms with Gasteiger partial charge in [-0.05, 0) is 43.3 Å². The molecule has 2 heterocycles. The van der Waals surface area contributed by atoms with Crippen molar-refractivity contribution in [1.29, 1.82) is 0 Å². The van der Waals surface area contributed by atoms with Crippen LogP contribution in [0.3, 0.4) is 0 Å². The van der Waals surface area contributed by atoms with Crippen molar-refractivity contribution in [3.8, 4) is 5.75 Å². The van der Waals surface area contributed by atoms with Crippen molar-refractivity contribution in [2.45, 2.75) is 30.7 Å². The lowest BCUT2D eigenvalue weighted by Crippen LogP contribution is -2.34. The van der Waals surface area contributed by atoms with Crippen LogP contribution in [0.4, 0.5) is 0 Å². The van der Waals surface area contributed by atoms with Gasteiger partial charge in [0.05, 0.1) is 24.0 Å². The zero-order valence-electron chi connectivity index (χ0n) is 16.0. The summed E-state index contributed by atoms with van der Waals surface area (Å²) in [5, 5.41) is 6.43. The Kier molecular flexibility index (Phi) is 6.32. The van der Waals surface area contributed by atoms with Crippen LogP contribution >= 0.6 is 0 Å². The van der Waals surface area contributed by atoms with Crippen molar-refractivity contribution in [3.63, 3.8) is 0 Å². The van der Waals surface area contributed by atoms with E-state index < -0.39 is 15.7 Å². The van der Waals surface area contributed by atoms with E-state index in [1.807, 2.05) is 13.0 Å². The molecule has 0 aliphatic rings. The van der Waals surface area contributed by atoms with Crippen LogP contribution in [-0.2, 0) is 22.7 Å². The number of furan rings is 1. The van der Waals surface area contributed by atoms with Crippen molar-refractivity contribution in [3.05, 3.63) is 60.1 Å². The molecule has 1 aromatic carbocycles. The molecule has 10 heteroatoms. The molecule has 0 aliphatic heterocycles. The highest BCUT2D eigenvalue weighted by Gasteiger charge is 2.20. The van der Waals surface area contributed by atoms with Crippen molar-refractivity contribution in [2.75, 3.05) is 12.9 Å². The number of aromatic nitrogens is 2.